The van der Waals surface area contributed by atoms with E-state index in [4.69, 9.17) is 8.92 Å². The molecule has 8 heteroatoms. The van der Waals surface area contributed by atoms with Gasteiger partial charge in [0.2, 0.25) is 0 Å². The molecular formula is C14H18FNO5S. The second-order valence-corrected chi connectivity index (χ2v) is 6.76. The second kappa shape index (κ2) is 7.06. The number of hydrogen-bond acceptors (Lipinski definition) is 5. The first-order valence-corrected chi connectivity index (χ1v) is 8.62. The van der Waals surface area contributed by atoms with Crippen molar-refractivity contribution >= 4 is 16.2 Å². The van der Waals surface area contributed by atoms with Crippen molar-refractivity contribution in [3.8, 4) is 0 Å². The van der Waals surface area contributed by atoms with Crippen molar-refractivity contribution in [2.75, 3.05) is 19.5 Å². The van der Waals surface area contributed by atoms with Crippen molar-refractivity contribution in [1.29, 1.82) is 0 Å². The Morgan fingerprint density at radius 1 is 1.36 bits per heavy atom. The number of likely N-dealkylation sites (tertiary alicyclic amines) is 1. The molecular weight excluding hydrogens is 313 g/mol. The van der Waals surface area contributed by atoms with E-state index in [1.54, 1.807) is 12.1 Å². The lowest BCUT2D eigenvalue weighted by atomic mass is 10.2. The molecule has 0 aromatic heterocycles. The molecule has 2 rings (SSSR count). The summed E-state index contributed by atoms with van der Waals surface area (Å²) in [6.45, 7) is -0.702. The van der Waals surface area contributed by atoms with E-state index in [2.05, 4.69) is 0 Å². The summed E-state index contributed by atoms with van der Waals surface area (Å²) in [5.41, 5.74) is 0.816. The maximum Gasteiger partial charge on any atom is 0.410 e. The van der Waals surface area contributed by atoms with Crippen molar-refractivity contribution in [2.24, 2.45) is 0 Å². The average Bonchev–Trinajstić information content (AvgIpc) is 2.86. The summed E-state index contributed by atoms with van der Waals surface area (Å²) in [5.74, 6) is 0. The summed E-state index contributed by atoms with van der Waals surface area (Å²) in [6.07, 6.45) is -0.358. The molecule has 1 aliphatic heterocycles. The maximum absolute atomic E-state index is 13.0. The third kappa shape index (κ3) is 4.67. The number of alkyl halides is 1. The van der Waals surface area contributed by atoms with E-state index in [-0.39, 0.29) is 19.6 Å². The van der Waals surface area contributed by atoms with E-state index in [0.29, 0.717) is 0 Å². The number of rotatable bonds is 5. The van der Waals surface area contributed by atoms with Crippen LogP contribution >= 0.6 is 0 Å². The van der Waals surface area contributed by atoms with Crippen molar-refractivity contribution in [3.05, 3.63) is 35.9 Å². The Labute approximate surface area is 128 Å². The van der Waals surface area contributed by atoms with Crippen LogP contribution in [0.1, 0.15) is 12.0 Å². The summed E-state index contributed by atoms with van der Waals surface area (Å²) in [4.78, 5) is 13.2. The molecule has 6 nitrogen and oxygen atoms in total. The van der Waals surface area contributed by atoms with Gasteiger partial charge in [-0.05, 0) is 12.0 Å². The fourth-order valence-electron chi connectivity index (χ4n) is 2.36. The third-order valence-electron chi connectivity index (χ3n) is 3.30. The number of ether oxygens (including phenoxy) is 1. The van der Waals surface area contributed by atoms with E-state index >= 15 is 0 Å². The van der Waals surface area contributed by atoms with Crippen molar-refractivity contribution < 1.29 is 26.5 Å². The van der Waals surface area contributed by atoms with Gasteiger partial charge in [-0.1, -0.05) is 30.3 Å². The molecule has 1 aliphatic rings. The fourth-order valence-corrected chi connectivity index (χ4v) is 3.00. The van der Waals surface area contributed by atoms with Gasteiger partial charge in [0, 0.05) is 0 Å². The molecule has 1 aromatic carbocycles. The molecule has 0 N–H and O–H groups in total. The van der Waals surface area contributed by atoms with Gasteiger partial charge in [-0.15, -0.1) is 0 Å². The van der Waals surface area contributed by atoms with Crippen LogP contribution < -0.4 is 0 Å². The molecule has 122 valence electrons. The fraction of sp³-hybridized carbons (Fsp3) is 0.500. The molecule has 0 radical (unpaired) electrons. The lowest BCUT2D eigenvalue weighted by molar-refractivity contribution is 0.0853. The minimum absolute atomic E-state index is 0.00468. The highest BCUT2D eigenvalue weighted by molar-refractivity contribution is 7.86. The predicted octanol–water partition coefficient (Wildman–Crippen LogP) is 1.71. The van der Waals surface area contributed by atoms with Gasteiger partial charge in [0.05, 0.1) is 24.9 Å². The van der Waals surface area contributed by atoms with Crippen LogP contribution in [0.2, 0.25) is 0 Å². The normalized spacial score (nSPS) is 21.8. The van der Waals surface area contributed by atoms with E-state index in [1.807, 2.05) is 18.2 Å². The molecule has 0 saturated carbocycles. The van der Waals surface area contributed by atoms with Crippen LogP contribution in [0.15, 0.2) is 30.3 Å². The molecule has 2 atom stereocenters. The van der Waals surface area contributed by atoms with E-state index in [1.165, 1.54) is 4.90 Å². The van der Waals surface area contributed by atoms with Gasteiger partial charge < -0.3 is 4.74 Å². The molecule has 1 saturated heterocycles. The summed E-state index contributed by atoms with van der Waals surface area (Å²) in [7, 11) is -3.64. The lowest BCUT2D eigenvalue weighted by Gasteiger charge is -2.21. The molecule has 1 aromatic rings. The largest absolute Gasteiger partial charge is 0.445 e. The quantitative estimate of drug-likeness (QED) is 0.768. The van der Waals surface area contributed by atoms with Crippen LogP contribution in [0, 0.1) is 0 Å². The smallest absolute Gasteiger partial charge is 0.410 e. The standard InChI is InChI=1S/C14H18FNO5S/c1-22(18,19)21-13-7-12(8-15)16(9-13)14(17)20-10-11-5-3-2-4-6-11/h2-6,12-13H,7-10H2,1H3/t12-,13-/m1/s1. The molecule has 1 heterocycles. The van der Waals surface area contributed by atoms with Crippen LogP contribution in [0.3, 0.4) is 0 Å². The van der Waals surface area contributed by atoms with E-state index < -0.39 is 35.0 Å². The minimum atomic E-state index is -3.64. The average molecular weight is 331 g/mol. The van der Waals surface area contributed by atoms with Gasteiger partial charge in [0.25, 0.3) is 10.1 Å². The summed E-state index contributed by atoms with van der Waals surface area (Å²) in [6, 6.07) is 8.37. The molecule has 0 bridgehead atoms. The monoisotopic (exact) mass is 331 g/mol. The zero-order chi connectivity index (χ0) is 16.2. The van der Waals surface area contributed by atoms with Crippen molar-refractivity contribution in [2.45, 2.75) is 25.2 Å². The Balaban J connectivity index is 1.93. The number of halogens is 1. The van der Waals surface area contributed by atoms with Crippen LogP contribution in [0.25, 0.3) is 0 Å². The first-order valence-electron chi connectivity index (χ1n) is 6.80. The van der Waals surface area contributed by atoms with Gasteiger partial charge in [0.1, 0.15) is 13.3 Å². The summed E-state index contributed by atoms with van der Waals surface area (Å²) >= 11 is 0. The third-order valence-corrected chi connectivity index (χ3v) is 3.93. The van der Waals surface area contributed by atoms with E-state index in [9.17, 15) is 17.6 Å². The highest BCUT2D eigenvalue weighted by Gasteiger charge is 2.38. The number of carbonyl (C=O) groups excluding carboxylic acids is 1. The second-order valence-electron chi connectivity index (χ2n) is 5.16. The Kier molecular flexibility index (Phi) is 5.36. The molecule has 1 fully saturated rings. The predicted molar refractivity (Wildman–Crippen MR) is 77.4 cm³/mol. The zero-order valence-electron chi connectivity index (χ0n) is 12.1. The topological polar surface area (TPSA) is 72.9 Å². The Morgan fingerprint density at radius 2 is 2.05 bits per heavy atom. The molecule has 22 heavy (non-hydrogen) atoms. The number of amides is 1. The van der Waals surface area contributed by atoms with Gasteiger partial charge in [-0.2, -0.15) is 8.42 Å². The minimum Gasteiger partial charge on any atom is -0.445 e. The van der Waals surface area contributed by atoms with Gasteiger partial charge in [-0.3, -0.25) is 9.08 Å². The van der Waals surface area contributed by atoms with Gasteiger partial charge >= 0.3 is 6.09 Å². The number of benzene rings is 1. The van der Waals surface area contributed by atoms with E-state index in [0.717, 1.165) is 11.8 Å². The van der Waals surface area contributed by atoms with Gasteiger partial charge in [0.15, 0.2) is 0 Å². The Morgan fingerprint density at radius 3 is 2.64 bits per heavy atom. The summed E-state index contributed by atoms with van der Waals surface area (Å²) in [5, 5.41) is 0. The Bertz CT molecular complexity index is 607. The Hall–Kier alpha value is -1.67. The molecule has 0 aliphatic carbocycles. The van der Waals surface area contributed by atoms with Crippen LogP contribution in [0.5, 0.6) is 0 Å². The summed E-state index contributed by atoms with van der Waals surface area (Å²) < 4.78 is 45.2. The number of hydrogen-bond donors (Lipinski definition) is 0. The number of carbonyl (C=O) groups is 1. The van der Waals surface area contributed by atoms with Crippen LogP contribution in [-0.4, -0.2) is 51.0 Å². The lowest BCUT2D eigenvalue weighted by Crippen LogP contribution is -2.37. The first-order chi connectivity index (χ1) is 10.4. The molecule has 1 amide bonds. The molecule has 0 unspecified atom stereocenters. The molecule has 0 spiro atoms. The maximum atomic E-state index is 13.0. The van der Waals surface area contributed by atoms with Gasteiger partial charge in [-0.25, -0.2) is 9.18 Å². The van der Waals surface area contributed by atoms with Crippen LogP contribution in [-0.2, 0) is 25.6 Å². The van der Waals surface area contributed by atoms with Crippen molar-refractivity contribution in [3.63, 3.8) is 0 Å². The van der Waals surface area contributed by atoms with Crippen molar-refractivity contribution in [1.82, 2.24) is 4.90 Å². The number of nitrogens with zero attached hydrogens (tertiary/aromatic N) is 1. The first kappa shape index (κ1) is 16.7. The van der Waals surface area contributed by atoms with Crippen LogP contribution in [0.4, 0.5) is 9.18 Å². The highest BCUT2D eigenvalue weighted by atomic mass is 32.2. The highest BCUT2D eigenvalue weighted by Crippen LogP contribution is 2.23. The SMILES string of the molecule is CS(=O)(=O)O[C@@H]1C[C@H](CF)N(C(=O)OCc2ccccc2)C1. The zero-order valence-corrected chi connectivity index (χ0v) is 13.0.